The van der Waals surface area contributed by atoms with Gasteiger partial charge in [-0.1, -0.05) is 12.1 Å². The predicted octanol–water partition coefficient (Wildman–Crippen LogP) is 2.28. The number of aromatic nitrogens is 2. The molecule has 1 aliphatic rings. The number of nitrogens with zero attached hydrogens (tertiary/aromatic N) is 3. The second kappa shape index (κ2) is 7.51. The summed E-state index contributed by atoms with van der Waals surface area (Å²) in [6, 6.07) is 10.2. The number of sulfonamides is 1. The van der Waals surface area contributed by atoms with E-state index < -0.39 is 10.0 Å². The van der Waals surface area contributed by atoms with Crippen LogP contribution >= 0.6 is 15.9 Å². The van der Waals surface area contributed by atoms with Crippen LogP contribution in [0.15, 0.2) is 50.6 Å². The zero-order chi connectivity index (χ0) is 20.8. The van der Waals surface area contributed by atoms with Crippen LogP contribution in [0.5, 0.6) is 0 Å². The molecule has 8 nitrogen and oxygen atoms in total. The minimum atomic E-state index is -3.84. The minimum Gasteiger partial charge on any atom is -0.378 e. The second-order valence-electron chi connectivity index (χ2n) is 6.89. The van der Waals surface area contributed by atoms with Crippen LogP contribution in [0.25, 0.3) is 11.0 Å². The zero-order valence-electron chi connectivity index (χ0n) is 16.1. The van der Waals surface area contributed by atoms with Gasteiger partial charge in [-0.05, 0) is 40.2 Å². The first-order valence-corrected chi connectivity index (χ1v) is 11.4. The van der Waals surface area contributed by atoms with Crippen LogP contribution in [0.2, 0.25) is 0 Å². The smallest absolute Gasteiger partial charge is 0.328 e. The van der Waals surface area contributed by atoms with Crippen molar-refractivity contribution in [2.45, 2.75) is 4.90 Å². The summed E-state index contributed by atoms with van der Waals surface area (Å²) in [5, 5.41) is 0. The topological polar surface area (TPSA) is 85.6 Å². The van der Waals surface area contributed by atoms with Gasteiger partial charge in [-0.3, -0.25) is 13.9 Å². The highest BCUT2D eigenvalue weighted by Gasteiger charge is 2.23. The molecule has 1 fully saturated rings. The van der Waals surface area contributed by atoms with Crippen molar-refractivity contribution in [2.75, 3.05) is 35.9 Å². The molecule has 2 heterocycles. The first-order valence-electron chi connectivity index (χ1n) is 9.09. The largest absolute Gasteiger partial charge is 0.378 e. The minimum absolute atomic E-state index is 0.148. The molecule has 0 aliphatic carbocycles. The Hall–Kier alpha value is -2.30. The van der Waals surface area contributed by atoms with Crippen molar-refractivity contribution >= 4 is 48.4 Å². The standard InChI is InChI=1S/C19H21BrN4O4S/c1-22-16-11-14(21-29(26,27)18-6-4-3-5-13(18)20)15(24-7-9-28-10-8-24)12-17(16)23(2)19(22)25/h3-6,11-12,21H,7-10H2,1-2H3. The number of nitrogens with one attached hydrogen (secondary N) is 1. The maximum atomic E-state index is 13.1. The first kappa shape index (κ1) is 20.0. The molecule has 1 saturated heterocycles. The van der Waals surface area contributed by atoms with Crippen molar-refractivity contribution in [1.82, 2.24) is 9.13 Å². The third-order valence-electron chi connectivity index (χ3n) is 5.11. The van der Waals surface area contributed by atoms with E-state index in [4.69, 9.17) is 4.74 Å². The molecule has 0 spiro atoms. The SMILES string of the molecule is Cn1c(=O)n(C)c2cc(N3CCOCC3)c(NS(=O)(=O)c3ccccc3Br)cc21. The lowest BCUT2D eigenvalue weighted by Gasteiger charge is -2.30. The lowest BCUT2D eigenvalue weighted by molar-refractivity contribution is 0.123. The van der Waals surface area contributed by atoms with Gasteiger partial charge in [-0.25, -0.2) is 13.2 Å². The average molecular weight is 481 g/mol. The van der Waals surface area contributed by atoms with Gasteiger partial charge in [0.15, 0.2) is 0 Å². The van der Waals surface area contributed by atoms with Crippen molar-refractivity contribution < 1.29 is 13.2 Å². The highest BCUT2D eigenvalue weighted by atomic mass is 79.9. The molecule has 4 rings (SSSR count). The number of aryl methyl sites for hydroxylation is 2. The number of anilines is 2. The van der Waals surface area contributed by atoms with E-state index in [1.54, 1.807) is 42.9 Å². The van der Waals surface area contributed by atoms with E-state index in [0.717, 1.165) is 11.2 Å². The zero-order valence-corrected chi connectivity index (χ0v) is 18.5. The number of hydrogen-bond acceptors (Lipinski definition) is 5. The van der Waals surface area contributed by atoms with Gasteiger partial charge >= 0.3 is 5.69 Å². The Labute approximate surface area is 176 Å². The molecule has 1 N–H and O–H groups in total. The van der Waals surface area contributed by atoms with Crippen molar-refractivity contribution in [3.05, 3.63) is 51.4 Å². The van der Waals surface area contributed by atoms with Crippen molar-refractivity contribution in [2.24, 2.45) is 14.1 Å². The van der Waals surface area contributed by atoms with Crippen LogP contribution < -0.4 is 15.3 Å². The predicted molar refractivity (Wildman–Crippen MR) is 116 cm³/mol. The van der Waals surface area contributed by atoms with Crippen LogP contribution in [0.3, 0.4) is 0 Å². The van der Waals surface area contributed by atoms with Crippen LogP contribution in [-0.4, -0.2) is 43.9 Å². The van der Waals surface area contributed by atoms with E-state index in [0.29, 0.717) is 42.0 Å². The van der Waals surface area contributed by atoms with Gasteiger partial charge < -0.3 is 9.64 Å². The Morgan fingerprint density at radius 2 is 1.66 bits per heavy atom. The Morgan fingerprint density at radius 1 is 1.03 bits per heavy atom. The van der Waals surface area contributed by atoms with Gasteiger partial charge in [0.25, 0.3) is 10.0 Å². The molecule has 1 aliphatic heterocycles. The number of fused-ring (bicyclic) bond motifs is 1. The molecule has 29 heavy (non-hydrogen) atoms. The maximum absolute atomic E-state index is 13.1. The number of ether oxygens (including phenoxy) is 1. The summed E-state index contributed by atoms with van der Waals surface area (Å²) in [6.07, 6.45) is 0. The molecule has 1 aromatic heterocycles. The van der Waals surface area contributed by atoms with Gasteiger partial charge in [-0.15, -0.1) is 0 Å². The number of hydrogen-bond donors (Lipinski definition) is 1. The molecule has 0 atom stereocenters. The molecular weight excluding hydrogens is 460 g/mol. The van der Waals surface area contributed by atoms with E-state index in [1.807, 2.05) is 6.07 Å². The number of morpholine rings is 1. The third kappa shape index (κ3) is 3.56. The number of rotatable bonds is 4. The molecule has 3 aromatic rings. The molecule has 0 radical (unpaired) electrons. The van der Waals surface area contributed by atoms with Gasteiger partial charge in [-0.2, -0.15) is 0 Å². The van der Waals surface area contributed by atoms with Crippen LogP contribution in [0.4, 0.5) is 11.4 Å². The van der Waals surface area contributed by atoms with Crippen molar-refractivity contribution in [3.63, 3.8) is 0 Å². The molecule has 0 unspecified atom stereocenters. The summed E-state index contributed by atoms with van der Waals surface area (Å²) < 4.78 is 37.9. The molecule has 10 heteroatoms. The van der Waals surface area contributed by atoms with Crippen molar-refractivity contribution in [1.29, 1.82) is 0 Å². The molecular formula is C19H21BrN4O4S. The van der Waals surface area contributed by atoms with Crippen molar-refractivity contribution in [3.8, 4) is 0 Å². The number of halogens is 1. The van der Waals surface area contributed by atoms with Gasteiger partial charge in [0.05, 0.1) is 35.6 Å². The fraction of sp³-hybridized carbons (Fsp3) is 0.316. The van der Waals surface area contributed by atoms with Gasteiger partial charge in [0.1, 0.15) is 4.90 Å². The van der Waals surface area contributed by atoms with Crippen LogP contribution in [0, 0.1) is 0 Å². The molecule has 154 valence electrons. The highest BCUT2D eigenvalue weighted by molar-refractivity contribution is 9.10. The Balaban J connectivity index is 1.88. The third-order valence-corrected chi connectivity index (χ3v) is 7.49. The Morgan fingerprint density at radius 3 is 2.31 bits per heavy atom. The maximum Gasteiger partial charge on any atom is 0.328 e. The monoisotopic (exact) mass is 480 g/mol. The second-order valence-corrected chi connectivity index (χ2v) is 9.40. The summed E-state index contributed by atoms with van der Waals surface area (Å²) >= 11 is 3.31. The molecule has 2 aromatic carbocycles. The van der Waals surface area contributed by atoms with Gasteiger partial charge in [0, 0.05) is 31.7 Å². The lowest BCUT2D eigenvalue weighted by Crippen LogP contribution is -2.36. The van der Waals surface area contributed by atoms with E-state index in [9.17, 15) is 13.2 Å². The highest BCUT2D eigenvalue weighted by Crippen LogP contribution is 2.34. The molecule has 0 saturated carbocycles. The van der Waals surface area contributed by atoms with Gasteiger partial charge in [0.2, 0.25) is 0 Å². The fourth-order valence-corrected chi connectivity index (χ4v) is 5.61. The number of imidazole rings is 1. The summed E-state index contributed by atoms with van der Waals surface area (Å²) in [6.45, 7) is 2.39. The summed E-state index contributed by atoms with van der Waals surface area (Å²) in [5.41, 5.74) is 2.37. The Bertz CT molecular complexity index is 1240. The number of benzene rings is 2. The summed E-state index contributed by atoms with van der Waals surface area (Å²) in [4.78, 5) is 14.6. The van der Waals surface area contributed by atoms with Crippen LogP contribution in [-0.2, 0) is 28.9 Å². The average Bonchev–Trinajstić information content (AvgIpc) is 2.92. The summed E-state index contributed by atoms with van der Waals surface area (Å²) in [7, 11) is -0.460. The van der Waals surface area contributed by atoms with E-state index in [2.05, 4.69) is 25.6 Å². The lowest BCUT2D eigenvalue weighted by atomic mass is 10.2. The Kier molecular flexibility index (Phi) is 5.18. The normalized spacial score (nSPS) is 15.1. The molecule has 0 amide bonds. The molecule has 0 bridgehead atoms. The summed E-state index contributed by atoms with van der Waals surface area (Å²) in [5.74, 6) is 0. The van der Waals surface area contributed by atoms with Crippen LogP contribution in [0.1, 0.15) is 0 Å². The van der Waals surface area contributed by atoms with E-state index in [-0.39, 0.29) is 10.6 Å². The van der Waals surface area contributed by atoms with E-state index in [1.165, 1.54) is 10.6 Å². The quantitative estimate of drug-likeness (QED) is 0.618. The first-order chi connectivity index (χ1) is 13.8. The fourth-order valence-electron chi connectivity index (χ4n) is 3.54. The van der Waals surface area contributed by atoms with E-state index >= 15 is 0 Å².